The van der Waals surface area contributed by atoms with Crippen molar-refractivity contribution >= 4 is 29.3 Å². The van der Waals surface area contributed by atoms with Crippen LogP contribution in [-0.4, -0.2) is 78.7 Å². The molecule has 3 aliphatic rings. The highest BCUT2D eigenvalue weighted by Gasteiger charge is 2.41. The van der Waals surface area contributed by atoms with Gasteiger partial charge < -0.3 is 30.7 Å². The molecule has 1 unspecified atom stereocenters. The third-order valence-corrected chi connectivity index (χ3v) is 8.57. The molecule has 2 heterocycles. The quantitative estimate of drug-likeness (QED) is 0.438. The number of likely N-dealkylation sites (N-methyl/N-ethyl adjacent to an activating group) is 1. The number of fused-ring (bicyclic) bond motifs is 1. The van der Waals surface area contributed by atoms with Crippen LogP contribution in [0.25, 0.3) is 0 Å². The predicted molar refractivity (Wildman–Crippen MR) is 156 cm³/mol. The van der Waals surface area contributed by atoms with Crippen LogP contribution in [-0.2, 0) is 33.6 Å². The molecule has 1 fully saturated rings. The standard InChI is InChI=1S/C31H39ClN4O5/c1-36-26(18-37)30(39)35-25(16-19-7-12-23(32)13-8-19)29(38)33-15-3-6-21-4-2-5-22-11-14-24(41-28(21)22)17-34-27(31(36)40)20-9-10-20/h2,4-5,7-8,12-13,20,24-27,34,37H,3,6,9-11,14-18H2,1H3,(H,33,38)(H,35,39)/t24?,25-,26-,27+/m1/s1. The topological polar surface area (TPSA) is 120 Å². The maximum atomic E-state index is 13.6. The fourth-order valence-electron chi connectivity index (χ4n) is 5.71. The summed E-state index contributed by atoms with van der Waals surface area (Å²) in [5, 5.41) is 20.0. The number of halogens is 1. The van der Waals surface area contributed by atoms with Gasteiger partial charge in [-0.05, 0) is 73.3 Å². The minimum Gasteiger partial charge on any atom is -0.489 e. The summed E-state index contributed by atoms with van der Waals surface area (Å²) >= 11 is 6.04. The molecule has 9 nitrogen and oxygen atoms in total. The fourth-order valence-corrected chi connectivity index (χ4v) is 5.84. The van der Waals surface area contributed by atoms with E-state index in [9.17, 15) is 19.5 Å². The van der Waals surface area contributed by atoms with Crippen LogP contribution in [0.2, 0.25) is 5.02 Å². The van der Waals surface area contributed by atoms with Gasteiger partial charge in [-0.1, -0.05) is 41.9 Å². The van der Waals surface area contributed by atoms with Crippen molar-refractivity contribution in [3.63, 3.8) is 0 Å². The zero-order valence-corrected chi connectivity index (χ0v) is 24.2. The third-order valence-electron chi connectivity index (χ3n) is 8.32. The van der Waals surface area contributed by atoms with Gasteiger partial charge in [-0.3, -0.25) is 14.4 Å². The van der Waals surface area contributed by atoms with Crippen molar-refractivity contribution in [3.05, 3.63) is 64.2 Å². The summed E-state index contributed by atoms with van der Waals surface area (Å²) in [6, 6.07) is 10.8. The number of carbonyl (C=O) groups is 3. The van der Waals surface area contributed by atoms with E-state index in [0.29, 0.717) is 24.5 Å². The maximum absolute atomic E-state index is 13.6. The van der Waals surface area contributed by atoms with Crippen LogP contribution in [0.15, 0.2) is 42.5 Å². The van der Waals surface area contributed by atoms with Gasteiger partial charge in [0.1, 0.15) is 23.9 Å². The van der Waals surface area contributed by atoms with Crippen molar-refractivity contribution in [2.24, 2.45) is 5.92 Å². The van der Waals surface area contributed by atoms with E-state index in [4.69, 9.17) is 16.3 Å². The lowest BCUT2D eigenvalue weighted by Crippen LogP contribution is -2.59. The largest absolute Gasteiger partial charge is 0.489 e. The van der Waals surface area contributed by atoms with Gasteiger partial charge in [0, 0.05) is 31.6 Å². The van der Waals surface area contributed by atoms with Crippen LogP contribution in [0, 0.1) is 5.92 Å². The second-order valence-corrected chi connectivity index (χ2v) is 11.8. The Morgan fingerprint density at radius 3 is 2.44 bits per heavy atom. The molecule has 2 bridgehead atoms. The molecule has 4 atom stereocenters. The summed E-state index contributed by atoms with van der Waals surface area (Å²) in [7, 11) is 1.53. The lowest BCUT2D eigenvalue weighted by Gasteiger charge is -2.33. The minimum absolute atomic E-state index is 0.0767. The molecule has 0 radical (unpaired) electrons. The van der Waals surface area contributed by atoms with Crippen LogP contribution in [0.1, 0.15) is 42.4 Å². The van der Waals surface area contributed by atoms with E-state index in [1.165, 1.54) is 17.5 Å². The molecule has 0 aromatic heterocycles. The molecular formula is C31H39ClN4O5. The molecule has 2 aromatic carbocycles. The minimum atomic E-state index is -1.13. The number of hydrogen-bond acceptors (Lipinski definition) is 6. The third kappa shape index (κ3) is 7.20. The molecule has 4 N–H and O–H groups in total. The Morgan fingerprint density at radius 1 is 1.00 bits per heavy atom. The zero-order chi connectivity index (χ0) is 28.9. The Labute approximate surface area is 246 Å². The van der Waals surface area contributed by atoms with Gasteiger partial charge in [0.05, 0.1) is 12.6 Å². The summed E-state index contributed by atoms with van der Waals surface area (Å²) in [5.41, 5.74) is 3.11. The molecule has 1 saturated carbocycles. The normalized spacial score (nSPS) is 26.3. The lowest BCUT2D eigenvalue weighted by molar-refractivity contribution is -0.143. The van der Waals surface area contributed by atoms with Crippen LogP contribution in [0.5, 0.6) is 5.75 Å². The number of rotatable bonds is 4. The summed E-state index contributed by atoms with van der Waals surface area (Å²) in [4.78, 5) is 41.7. The molecule has 0 spiro atoms. The van der Waals surface area contributed by atoms with Crippen molar-refractivity contribution in [1.29, 1.82) is 0 Å². The number of aryl methyl sites for hydroxylation is 2. The van der Waals surface area contributed by atoms with Gasteiger partial charge in [0.15, 0.2) is 0 Å². The summed E-state index contributed by atoms with van der Waals surface area (Å²) in [6.07, 6.45) is 5.19. The highest BCUT2D eigenvalue weighted by Crippen LogP contribution is 2.35. The van der Waals surface area contributed by atoms with E-state index in [1.54, 1.807) is 12.1 Å². The smallest absolute Gasteiger partial charge is 0.245 e. The number of carbonyl (C=O) groups excluding carboxylic acids is 3. The van der Waals surface area contributed by atoms with E-state index < -0.39 is 30.6 Å². The van der Waals surface area contributed by atoms with Crippen LogP contribution >= 0.6 is 11.6 Å². The number of nitrogens with one attached hydrogen (secondary N) is 3. The van der Waals surface area contributed by atoms with Crippen molar-refractivity contribution in [1.82, 2.24) is 20.9 Å². The number of aliphatic hydroxyl groups is 1. The lowest BCUT2D eigenvalue weighted by atomic mass is 9.96. The first-order valence-corrected chi connectivity index (χ1v) is 14.9. The molecule has 0 saturated heterocycles. The van der Waals surface area contributed by atoms with Crippen LogP contribution in [0.4, 0.5) is 0 Å². The Morgan fingerprint density at radius 2 is 1.73 bits per heavy atom. The molecule has 5 rings (SSSR count). The first-order chi connectivity index (χ1) is 19.8. The van der Waals surface area contributed by atoms with Crippen molar-refractivity contribution in [2.45, 2.75) is 69.2 Å². The highest BCUT2D eigenvalue weighted by molar-refractivity contribution is 6.30. The molecule has 2 aromatic rings. The summed E-state index contributed by atoms with van der Waals surface area (Å²) in [6.45, 7) is 0.376. The van der Waals surface area contributed by atoms with E-state index in [-0.39, 0.29) is 30.3 Å². The average molecular weight is 583 g/mol. The Balaban J connectivity index is 1.40. The highest BCUT2D eigenvalue weighted by atomic mass is 35.5. The van der Waals surface area contributed by atoms with Gasteiger partial charge in [0.2, 0.25) is 17.7 Å². The van der Waals surface area contributed by atoms with E-state index in [2.05, 4.69) is 28.1 Å². The number of aliphatic hydroxyl groups excluding tert-OH is 1. The second kappa shape index (κ2) is 13.2. The maximum Gasteiger partial charge on any atom is 0.245 e. The van der Waals surface area contributed by atoms with Gasteiger partial charge >= 0.3 is 0 Å². The average Bonchev–Trinajstić information content (AvgIpc) is 3.81. The molecule has 3 amide bonds. The van der Waals surface area contributed by atoms with Gasteiger partial charge in [-0.15, -0.1) is 0 Å². The SMILES string of the molecule is CN1C(=O)[C@H](C2CC2)NCC2CCc3cccc(c3O2)CCCNC(=O)[C@@H](Cc2ccc(Cl)cc2)NC(=O)[C@H]1CO. The molecule has 220 valence electrons. The fraction of sp³-hybridized carbons (Fsp3) is 0.516. The van der Waals surface area contributed by atoms with Crippen LogP contribution < -0.4 is 20.7 Å². The van der Waals surface area contributed by atoms with Crippen LogP contribution in [0.3, 0.4) is 0 Å². The number of nitrogens with zero attached hydrogens (tertiary/aromatic N) is 1. The number of ether oxygens (including phenoxy) is 1. The first-order valence-electron chi connectivity index (χ1n) is 14.5. The van der Waals surface area contributed by atoms with Gasteiger partial charge in [-0.2, -0.15) is 0 Å². The predicted octanol–water partition coefficient (Wildman–Crippen LogP) is 2.01. The van der Waals surface area contributed by atoms with Crippen molar-refractivity contribution in [3.8, 4) is 5.75 Å². The van der Waals surface area contributed by atoms with E-state index in [0.717, 1.165) is 49.0 Å². The number of para-hydroxylation sites is 1. The molecule has 41 heavy (non-hydrogen) atoms. The van der Waals surface area contributed by atoms with Gasteiger partial charge in [-0.25, -0.2) is 0 Å². The zero-order valence-electron chi connectivity index (χ0n) is 23.4. The number of hydrogen-bond donors (Lipinski definition) is 4. The second-order valence-electron chi connectivity index (χ2n) is 11.3. The monoisotopic (exact) mass is 582 g/mol. The Kier molecular flexibility index (Phi) is 9.47. The van der Waals surface area contributed by atoms with E-state index >= 15 is 0 Å². The van der Waals surface area contributed by atoms with Crippen molar-refractivity contribution < 1.29 is 24.2 Å². The first kappa shape index (κ1) is 29.4. The van der Waals surface area contributed by atoms with Crippen molar-refractivity contribution in [2.75, 3.05) is 26.7 Å². The van der Waals surface area contributed by atoms with E-state index in [1.807, 2.05) is 18.2 Å². The Bertz CT molecular complexity index is 1250. The molecule has 2 aliphatic heterocycles. The molecular weight excluding hydrogens is 544 g/mol. The summed E-state index contributed by atoms with van der Waals surface area (Å²) < 4.78 is 6.45. The molecule has 1 aliphatic carbocycles. The summed E-state index contributed by atoms with van der Waals surface area (Å²) in [5.74, 6) is -0.0712. The van der Waals surface area contributed by atoms with Gasteiger partial charge in [0.25, 0.3) is 0 Å². The molecule has 10 heteroatoms. The number of amides is 3. The number of benzene rings is 2. The Hall–Kier alpha value is -3.14.